The van der Waals surface area contributed by atoms with E-state index in [1.165, 1.54) is 0 Å². The molecule has 1 saturated heterocycles. The minimum atomic E-state index is -4.16. The Morgan fingerprint density at radius 2 is 1.90 bits per heavy atom. The molecule has 2 rings (SSSR count). The Kier molecular flexibility index (Phi) is 4.78. The van der Waals surface area contributed by atoms with Gasteiger partial charge in [0, 0.05) is 19.0 Å². The second-order valence-corrected chi connectivity index (χ2v) is 5.84. The van der Waals surface area contributed by atoms with Crippen LogP contribution in [0.5, 0.6) is 0 Å². The predicted molar refractivity (Wildman–Crippen MR) is 70.3 cm³/mol. The molecule has 2 fully saturated rings. The van der Waals surface area contributed by atoms with Crippen LogP contribution in [0.1, 0.15) is 39.0 Å². The first-order valence-electron chi connectivity index (χ1n) is 7.49. The molecule has 0 aromatic rings. The average Bonchev–Trinajstić information content (AvgIpc) is 2.45. The number of amides is 2. The van der Waals surface area contributed by atoms with Crippen LogP contribution < -0.4 is 5.32 Å². The van der Waals surface area contributed by atoms with Gasteiger partial charge in [-0.25, -0.2) is 0 Å². The zero-order valence-electron chi connectivity index (χ0n) is 12.1. The van der Waals surface area contributed by atoms with E-state index in [0.29, 0.717) is 19.5 Å². The summed E-state index contributed by atoms with van der Waals surface area (Å²) in [5, 5.41) is 2.72. The number of hydrogen-bond donors (Lipinski definition) is 1. The van der Waals surface area contributed by atoms with Crippen LogP contribution in [0, 0.1) is 11.8 Å². The van der Waals surface area contributed by atoms with Gasteiger partial charge in [-0.05, 0) is 32.1 Å². The van der Waals surface area contributed by atoms with E-state index in [4.69, 9.17) is 0 Å². The van der Waals surface area contributed by atoms with Gasteiger partial charge in [-0.1, -0.05) is 6.92 Å². The molecule has 0 spiro atoms. The van der Waals surface area contributed by atoms with Crippen molar-refractivity contribution in [1.29, 1.82) is 0 Å². The molecule has 21 heavy (non-hydrogen) atoms. The maximum atomic E-state index is 12.6. The standard InChI is InChI=1S/C14H21F3N2O2/c1-2-11-12(20)18-7-8-19(11)13(21)9-3-5-10(6-4-9)14(15,16)17/h9-11H,2-8H2,1H3,(H,18,20). The molecule has 1 heterocycles. The summed E-state index contributed by atoms with van der Waals surface area (Å²) in [6.45, 7) is 2.69. The van der Waals surface area contributed by atoms with E-state index in [0.717, 1.165) is 0 Å². The predicted octanol–water partition coefficient (Wildman–Crippen LogP) is 2.09. The lowest BCUT2D eigenvalue weighted by atomic mass is 9.80. The molecule has 1 N–H and O–H groups in total. The summed E-state index contributed by atoms with van der Waals surface area (Å²) in [5.41, 5.74) is 0. The summed E-state index contributed by atoms with van der Waals surface area (Å²) >= 11 is 0. The molecule has 0 bridgehead atoms. The third kappa shape index (κ3) is 3.49. The number of alkyl halides is 3. The van der Waals surface area contributed by atoms with Crippen LogP contribution in [-0.4, -0.2) is 42.0 Å². The number of nitrogens with one attached hydrogen (secondary N) is 1. The summed E-state index contributed by atoms with van der Waals surface area (Å²) in [6.07, 6.45) is -3.09. The van der Waals surface area contributed by atoms with Crippen molar-refractivity contribution in [2.45, 2.75) is 51.2 Å². The van der Waals surface area contributed by atoms with Crippen LogP contribution in [0.4, 0.5) is 13.2 Å². The van der Waals surface area contributed by atoms with Crippen LogP contribution >= 0.6 is 0 Å². The first-order valence-corrected chi connectivity index (χ1v) is 7.49. The van der Waals surface area contributed by atoms with Crippen molar-refractivity contribution in [1.82, 2.24) is 10.2 Å². The summed E-state index contributed by atoms with van der Waals surface area (Å²) in [4.78, 5) is 25.8. The van der Waals surface area contributed by atoms with Gasteiger partial charge in [0.15, 0.2) is 0 Å². The number of hydrogen-bond acceptors (Lipinski definition) is 2. The highest BCUT2D eigenvalue weighted by molar-refractivity contribution is 5.89. The van der Waals surface area contributed by atoms with Crippen molar-refractivity contribution in [2.24, 2.45) is 11.8 Å². The fourth-order valence-electron chi connectivity index (χ4n) is 3.29. The van der Waals surface area contributed by atoms with Gasteiger partial charge in [0.25, 0.3) is 0 Å². The van der Waals surface area contributed by atoms with Gasteiger partial charge in [0.2, 0.25) is 11.8 Å². The number of carbonyl (C=O) groups excluding carboxylic acids is 2. The maximum absolute atomic E-state index is 12.6. The molecule has 4 nitrogen and oxygen atoms in total. The second kappa shape index (κ2) is 6.23. The average molecular weight is 306 g/mol. The van der Waals surface area contributed by atoms with Gasteiger partial charge in [-0.3, -0.25) is 9.59 Å². The van der Waals surface area contributed by atoms with E-state index >= 15 is 0 Å². The Morgan fingerprint density at radius 3 is 2.43 bits per heavy atom. The molecule has 1 unspecified atom stereocenters. The number of halogens is 3. The van der Waals surface area contributed by atoms with E-state index in [1.807, 2.05) is 6.92 Å². The Hall–Kier alpha value is -1.27. The molecule has 0 aromatic heterocycles. The fourth-order valence-corrected chi connectivity index (χ4v) is 3.29. The number of piperazine rings is 1. The maximum Gasteiger partial charge on any atom is 0.391 e. The molecule has 7 heteroatoms. The number of carbonyl (C=O) groups is 2. The highest BCUT2D eigenvalue weighted by Gasteiger charge is 2.44. The summed E-state index contributed by atoms with van der Waals surface area (Å²) in [5.74, 6) is -1.98. The summed E-state index contributed by atoms with van der Waals surface area (Å²) in [6, 6.07) is -0.480. The first-order chi connectivity index (χ1) is 9.84. The largest absolute Gasteiger partial charge is 0.391 e. The number of rotatable bonds is 2. The zero-order chi connectivity index (χ0) is 15.6. The molecule has 120 valence electrons. The molecule has 1 saturated carbocycles. The van der Waals surface area contributed by atoms with Gasteiger partial charge in [0.05, 0.1) is 5.92 Å². The van der Waals surface area contributed by atoms with E-state index < -0.39 is 18.1 Å². The van der Waals surface area contributed by atoms with Gasteiger partial charge in [-0.2, -0.15) is 13.2 Å². The second-order valence-electron chi connectivity index (χ2n) is 5.84. The molecule has 1 aliphatic carbocycles. The smallest absolute Gasteiger partial charge is 0.353 e. The lowest BCUT2D eigenvalue weighted by molar-refractivity contribution is -0.185. The van der Waals surface area contributed by atoms with Gasteiger partial charge < -0.3 is 10.2 Å². The lowest BCUT2D eigenvalue weighted by Gasteiger charge is -2.38. The molecular weight excluding hydrogens is 285 g/mol. The van der Waals surface area contributed by atoms with Crippen molar-refractivity contribution in [3.63, 3.8) is 0 Å². The van der Waals surface area contributed by atoms with Crippen LogP contribution in [0.25, 0.3) is 0 Å². The minimum absolute atomic E-state index is 0.0106. The first kappa shape index (κ1) is 16.1. The zero-order valence-corrected chi connectivity index (χ0v) is 12.1. The third-order valence-corrected chi connectivity index (χ3v) is 4.54. The Balaban J connectivity index is 1.96. The molecule has 0 aromatic carbocycles. The topological polar surface area (TPSA) is 49.4 Å². The molecule has 2 amide bonds. The van der Waals surface area contributed by atoms with Crippen molar-refractivity contribution in [3.05, 3.63) is 0 Å². The van der Waals surface area contributed by atoms with Crippen molar-refractivity contribution < 1.29 is 22.8 Å². The van der Waals surface area contributed by atoms with Crippen LogP contribution in [0.2, 0.25) is 0 Å². The Labute approximate surface area is 122 Å². The van der Waals surface area contributed by atoms with Gasteiger partial charge in [0.1, 0.15) is 6.04 Å². The highest BCUT2D eigenvalue weighted by Crippen LogP contribution is 2.40. The van der Waals surface area contributed by atoms with Crippen LogP contribution in [0.3, 0.4) is 0 Å². The molecule has 0 radical (unpaired) electrons. The monoisotopic (exact) mass is 306 g/mol. The van der Waals surface area contributed by atoms with E-state index in [1.54, 1.807) is 4.90 Å². The quantitative estimate of drug-likeness (QED) is 0.849. The molecule has 1 atom stereocenters. The number of nitrogens with zero attached hydrogens (tertiary/aromatic N) is 1. The fraction of sp³-hybridized carbons (Fsp3) is 0.857. The molecular formula is C14H21F3N2O2. The SMILES string of the molecule is CCC1C(=O)NCCN1C(=O)C1CCC(C(F)(F)F)CC1. The van der Waals surface area contributed by atoms with Crippen molar-refractivity contribution >= 4 is 11.8 Å². The van der Waals surface area contributed by atoms with Crippen molar-refractivity contribution in [2.75, 3.05) is 13.1 Å². The van der Waals surface area contributed by atoms with Crippen molar-refractivity contribution in [3.8, 4) is 0 Å². The Bertz CT molecular complexity index is 404. The van der Waals surface area contributed by atoms with E-state index in [2.05, 4.69) is 5.32 Å². The highest BCUT2D eigenvalue weighted by atomic mass is 19.4. The Morgan fingerprint density at radius 1 is 1.29 bits per heavy atom. The van der Waals surface area contributed by atoms with Gasteiger partial charge in [-0.15, -0.1) is 0 Å². The molecule has 2 aliphatic rings. The van der Waals surface area contributed by atoms with Crippen LogP contribution in [0.15, 0.2) is 0 Å². The van der Waals surface area contributed by atoms with E-state index in [9.17, 15) is 22.8 Å². The van der Waals surface area contributed by atoms with Gasteiger partial charge >= 0.3 is 6.18 Å². The van der Waals surface area contributed by atoms with E-state index in [-0.39, 0.29) is 43.4 Å². The molecule has 1 aliphatic heterocycles. The minimum Gasteiger partial charge on any atom is -0.353 e. The van der Waals surface area contributed by atoms with Crippen LogP contribution in [-0.2, 0) is 9.59 Å². The lowest BCUT2D eigenvalue weighted by Crippen LogP contribution is -2.58. The summed E-state index contributed by atoms with van der Waals surface area (Å²) < 4.78 is 37.9. The normalized spacial score (nSPS) is 31.0. The summed E-state index contributed by atoms with van der Waals surface area (Å²) in [7, 11) is 0. The third-order valence-electron chi connectivity index (χ3n) is 4.54.